The van der Waals surface area contributed by atoms with Crippen LogP contribution in [0.3, 0.4) is 0 Å². The van der Waals surface area contributed by atoms with Crippen molar-refractivity contribution < 1.29 is 12.6 Å². The van der Waals surface area contributed by atoms with Gasteiger partial charge in [-0.3, -0.25) is 4.18 Å². The second kappa shape index (κ2) is 5.09. The van der Waals surface area contributed by atoms with Crippen LogP contribution in [0.2, 0.25) is 0 Å². The number of halogens is 1. The minimum absolute atomic E-state index is 0.208. The fraction of sp³-hybridized carbons (Fsp3) is 0.333. The van der Waals surface area contributed by atoms with Crippen LogP contribution in [-0.2, 0) is 20.7 Å². The predicted octanol–water partition coefficient (Wildman–Crippen LogP) is 1.81. The van der Waals surface area contributed by atoms with Gasteiger partial charge in [0.1, 0.15) is 0 Å². The van der Waals surface area contributed by atoms with Crippen LogP contribution in [0, 0.1) is 3.57 Å². The molecule has 0 aliphatic heterocycles. The lowest BCUT2D eigenvalue weighted by molar-refractivity contribution is 0.326. The molecule has 0 spiro atoms. The third-order valence-corrected chi connectivity index (χ3v) is 2.92. The van der Waals surface area contributed by atoms with Gasteiger partial charge in [0, 0.05) is 3.57 Å². The summed E-state index contributed by atoms with van der Waals surface area (Å²) in [5, 5.41) is 0. The van der Waals surface area contributed by atoms with Crippen LogP contribution >= 0.6 is 22.6 Å². The van der Waals surface area contributed by atoms with Gasteiger partial charge in [0.05, 0.1) is 12.9 Å². The van der Waals surface area contributed by atoms with E-state index < -0.39 is 10.1 Å². The van der Waals surface area contributed by atoms with Gasteiger partial charge in [-0.05, 0) is 46.7 Å². The van der Waals surface area contributed by atoms with Crippen LogP contribution in [0.1, 0.15) is 5.56 Å². The maximum atomic E-state index is 10.7. The molecule has 0 aromatic heterocycles. The van der Waals surface area contributed by atoms with E-state index in [0.29, 0.717) is 6.42 Å². The molecule has 3 nitrogen and oxygen atoms in total. The van der Waals surface area contributed by atoms with Crippen molar-refractivity contribution in [2.24, 2.45) is 0 Å². The van der Waals surface area contributed by atoms with Gasteiger partial charge in [-0.2, -0.15) is 8.42 Å². The number of rotatable bonds is 4. The number of hydrogen-bond donors (Lipinski definition) is 0. The van der Waals surface area contributed by atoms with Crippen LogP contribution < -0.4 is 0 Å². The van der Waals surface area contributed by atoms with E-state index >= 15 is 0 Å². The van der Waals surface area contributed by atoms with Crippen molar-refractivity contribution in [3.63, 3.8) is 0 Å². The average Bonchev–Trinajstić information content (AvgIpc) is 2.06. The Kier molecular flexibility index (Phi) is 4.33. The van der Waals surface area contributed by atoms with E-state index in [0.717, 1.165) is 15.4 Å². The average molecular weight is 326 g/mol. The van der Waals surface area contributed by atoms with E-state index in [2.05, 4.69) is 26.8 Å². The zero-order chi connectivity index (χ0) is 10.6. The molecule has 78 valence electrons. The van der Waals surface area contributed by atoms with Gasteiger partial charge >= 0.3 is 0 Å². The predicted molar refractivity (Wildman–Crippen MR) is 63.7 cm³/mol. The highest BCUT2D eigenvalue weighted by atomic mass is 127. The second-order valence-corrected chi connectivity index (χ2v) is 5.79. The van der Waals surface area contributed by atoms with E-state index in [4.69, 9.17) is 0 Å². The highest BCUT2D eigenvalue weighted by Crippen LogP contribution is 2.07. The van der Waals surface area contributed by atoms with Gasteiger partial charge in [0.15, 0.2) is 0 Å². The van der Waals surface area contributed by atoms with Gasteiger partial charge < -0.3 is 0 Å². The Morgan fingerprint density at radius 1 is 1.29 bits per heavy atom. The molecule has 0 bridgehead atoms. The molecule has 5 heteroatoms. The molecule has 0 aliphatic carbocycles. The summed E-state index contributed by atoms with van der Waals surface area (Å²) in [6.45, 7) is 0.208. The molecule has 0 saturated heterocycles. The van der Waals surface area contributed by atoms with E-state index in [1.54, 1.807) is 0 Å². The number of benzene rings is 1. The van der Waals surface area contributed by atoms with Crippen LogP contribution in [0.4, 0.5) is 0 Å². The minimum atomic E-state index is -3.30. The normalized spacial score (nSPS) is 11.6. The smallest absolute Gasteiger partial charge is 0.264 e. The summed E-state index contributed by atoms with van der Waals surface area (Å²) in [5.74, 6) is 0. The maximum absolute atomic E-state index is 10.7. The van der Waals surface area contributed by atoms with Crippen molar-refractivity contribution in [3.8, 4) is 0 Å². The van der Waals surface area contributed by atoms with Crippen molar-refractivity contribution in [3.05, 3.63) is 33.4 Å². The lowest BCUT2D eigenvalue weighted by atomic mass is 10.2. The Bertz CT molecular complexity index is 383. The fourth-order valence-electron chi connectivity index (χ4n) is 0.962. The molecule has 0 radical (unpaired) electrons. The maximum Gasteiger partial charge on any atom is 0.264 e. The molecule has 0 atom stereocenters. The third kappa shape index (κ3) is 4.92. The SMILES string of the molecule is CS(=O)(=O)OCCc1ccc(I)cc1. The summed E-state index contributed by atoms with van der Waals surface area (Å²) in [6.07, 6.45) is 1.67. The topological polar surface area (TPSA) is 43.4 Å². The van der Waals surface area contributed by atoms with Crippen LogP contribution in [-0.4, -0.2) is 21.3 Å². The van der Waals surface area contributed by atoms with Crippen LogP contribution in [0.25, 0.3) is 0 Å². The standard InChI is InChI=1S/C9H11IO3S/c1-14(11,12)13-7-6-8-2-4-9(10)5-3-8/h2-5H,6-7H2,1H3. The largest absolute Gasteiger partial charge is 0.270 e. The van der Waals surface area contributed by atoms with Crippen molar-refractivity contribution >= 4 is 32.7 Å². The van der Waals surface area contributed by atoms with Gasteiger partial charge in [0.25, 0.3) is 10.1 Å². The molecule has 0 heterocycles. The Hall–Kier alpha value is -0.140. The summed E-state index contributed by atoms with van der Waals surface area (Å²) in [5.41, 5.74) is 1.08. The van der Waals surface area contributed by atoms with Gasteiger partial charge in [0.2, 0.25) is 0 Å². The first kappa shape index (κ1) is 11.9. The zero-order valence-corrected chi connectivity index (χ0v) is 10.7. The summed E-state index contributed by atoms with van der Waals surface area (Å²) < 4.78 is 27.1. The molecule has 0 aliphatic rings. The first-order valence-electron chi connectivity index (χ1n) is 4.06. The molecule has 0 fully saturated rings. The van der Waals surface area contributed by atoms with E-state index in [9.17, 15) is 8.42 Å². The quantitative estimate of drug-likeness (QED) is 0.626. The minimum Gasteiger partial charge on any atom is -0.270 e. The first-order valence-corrected chi connectivity index (χ1v) is 6.96. The Morgan fingerprint density at radius 2 is 1.86 bits per heavy atom. The molecule has 0 unspecified atom stereocenters. The highest BCUT2D eigenvalue weighted by molar-refractivity contribution is 14.1. The van der Waals surface area contributed by atoms with Gasteiger partial charge in [-0.25, -0.2) is 0 Å². The fourth-order valence-corrected chi connectivity index (χ4v) is 1.71. The molecule has 0 amide bonds. The molecule has 0 N–H and O–H groups in total. The van der Waals surface area contributed by atoms with Crippen LogP contribution in [0.5, 0.6) is 0 Å². The van der Waals surface area contributed by atoms with Crippen molar-refractivity contribution in [2.45, 2.75) is 6.42 Å². The van der Waals surface area contributed by atoms with E-state index in [-0.39, 0.29) is 6.61 Å². The van der Waals surface area contributed by atoms with Crippen molar-refractivity contribution in [2.75, 3.05) is 12.9 Å². The molecular weight excluding hydrogens is 315 g/mol. The molecular formula is C9H11IO3S. The number of hydrogen-bond acceptors (Lipinski definition) is 3. The summed E-state index contributed by atoms with van der Waals surface area (Å²) in [7, 11) is -3.30. The van der Waals surface area contributed by atoms with Gasteiger partial charge in [-0.1, -0.05) is 12.1 Å². The highest BCUT2D eigenvalue weighted by Gasteiger charge is 2.01. The summed E-state index contributed by atoms with van der Waals surface area (Å²) in [4.78, 5) is 0. The Labute approximate surface area is 97.7 Å². The lowest BCUT2D eigenvalue weighted by Gasteiger charge is -2.01. The zero-order valence-electron chi connectivity index (χ0n) is 7.73. The Balaban J connectivity index is 2.43. The molecule has 1 aromatic rings. The third-order valence-electron chi connectivity index (χ3n) is 1.60. The first-order chi connectivity index (χ1) is 6.47. The second-order valence-electron chi connectivity index (χ2n) is 2.90. The molecule has 0 saturated carbocycles. The van der Waals surface area contributed by atoms with Gasteiger partial charge in [-0.15, -0.1) is 0 Å². The van der Waals surface area contributed by atoms with Crippen molar-refractivity contribution in [1.82, 2.24) is 0 Å². The van der Waals surface area contributed by atoms with Crippen molar-refractivity contribution in [1.29, 1.82) is 0 Å². The molecule has 14 heavy (non-hydrogen) atoms. The summed E-state index contributed by atoms with van der Waals surface area (Å²) >= 11 is 2.22. The molecule has 1 rings (SSSR count). The Morgan fingerprint density at radius 3 is 2.36 bits per heavy atom. The molecule has 1 aromatic carbocycles. The van der Waals surface area contributed by atoms with E-state index in [1.165, 1.54) is 0 Å². The monoisotopic (exact) mass is 326 g/mol. The lowest BCUT2D eigenvalue weighted by Crippen LogP contribution is -2.06. The summed E-state index contributed by atoms with van der Waals surface area (Å²) in [6, 6.07) is 7.90. The van der Waals surface area contributed by atoms with Crippen LogP contribution in [0.15, 0.2) is 24.3 Å². The van der Waals surface area contributed by atoms with E-state index in [1.807, 2.05) is 24.3 Å².